The molecule has 2 aromatic carbocycles. The van der Waals surface area contributed by atoms with Gasteiger partial charge in [0.2, 0.25) is 0 Å². The molecule has 4 aromatic rings. The van der Waals surface area contributed by atoms with Crippen LogP contribution in [-0.2, 0) is 0 Å². The Kier molecular flexibility index (Phi) is 5.88. The number of H-pyrrole nitrogens is 1. The molecule has 1 aliphatic rings. The van der Waals surface area contributed by atoms with Crippen LogP contribution in [0, 0.1) is 0 Å². The first-order valence-electron chi connectivity index (χ1n) is 11.1. The molecular weight excluding hydrogens is 432 g/mol. The predicted molar refractivity (Wildman–Crippen MR) is 129 cm³/mol. The van der Waals surface area contributed by atoms with E-state index >= 15 is 0 Å². The predicted octanol–water partition coefficient (Wildman–Crippen LogP) is 2.29. The molecule has 5 N–H and O–H groups in total. The second kappa shape index (κ2) is 9.28. The van der Waals surface area contributed by atoms with Crippen LogP contribution in [0.4, 0.5) is 11.5 Å². The van der Waals surface area contributed by atoms with Gasteiger partial charge < -0.3 is 21.3 Å². The van der Waals surface area contributed by atoms with E-state index < -0.39 is 5.91 Å². The molecule has 0 bridgehead atoms. The van der Waals surface area contributed by atoms with E-state index in [1.807, 2.05) is 11.0 Å². The van der Waals surface area contributed by atoms with Gasteiger partial charge in [0.25, 0.3) is 11.8 Å². The number of rotatable bonds is 4. The van der Waals surface area contributed by atoms with E-state index in [0.717, 1.165) is 42.5 Å². The molecular formula is C24H24N8O2. The summed E-state index contributed by atoms with van der Waals surface area (Å²) in [4.78, 5) is 36.1. The van der Waals surface area contributed by atoms with Gasteiger partial charge in [-0.05, 0) is 43.3 Å². The lowest BCUT2D eigenvalue weighted by Gasteiger charge is -2.20. The average Bonchev–Trinajstić information content (AvgIpc) is 3.15. The van der Waals surface area contributed by atoms with Crippen LogP contribution in [0.3, 0.4) is 0 Å². The van der Waals surface area contributed by atoms with Crippen molar-refractivity contribution in [3.63, 3.8) is 0 Å². The van der Waals surface area contributed by atoms with Crippen LogP contribution in [0.15, 0.2) is 54.9 Å². The van der Waals surface area contributed by atoms with Gasteiger partial charge in [0.1, 0.15) is 0 Å². The number of aromatic nitrogens is 4. The first-order chi connectivity index (χ1) is 16.6. The molecule has 10 nitrogen and oxygen atoms in total. The molecule has 1 saturated heterocycles. The fourth-order valence-corrected chi connectivity index (χ4v) is 3.92. The summed E-state index contributed by atoms with van der Waals surface area (Å²) in [5.74, 6) is -0.425. The summed E-state index contributed by atoms with van der Waals surface area (Å²) in [6, 6.07) is 12.6. The van der Waals surface area contributed by atoms with E-state index in [2.05, 4.69) is 30.8 Å². The quantitative estimate of drug-likeness (QED) is 0.369. The number of amides is 2. The molecule has 1 aliphatic heterocycles. The number of hydrogen-bond donors (Lipinski definition) is 4. The van der Waals surface area contributed by atoms with Crippen LogP contribution < -0.4 is 16.4 Å². The van der Waals surface area contributed by atoms with Gasteiger partial charge in [-0.15, -0.1) is 0 Å². The Bertz CT molecular complexity index is 1340. The standard InChI is InChI=1S/C24H24N8O2/c25-22-21(23(33)29-18-7-6-17-13-28-31-19(17)12-18)30-20(14-27-22)15-2-4-16(5-3-15)24(34)32-10-1-8-26-9-11-32/h2-7,12-14,26H,1,8-11H2,(H2,25,27)(H,28,31)(H,29,33). The normalized spacial score (nSPS) is 14.1. The minimum absolute atomic E-state index is 0.00735. The van der Waals surface area contributed by atoms with Crippen molar-refractivity contribution in [1.29, 1.82) is 0 Å². The highest BCUT2D eigenvalue weighted by molar-refractivity contribution is 6.06. The molecule has 0 radical (unpaired) electrons. The maximum absolute atomic E-state index is 12.9. The van der Waals surface area contributed by atoms with Gasteiger partial charge in [0.15, 0.2) is 11.5 Å². The van der Waals surface area contributed by atoms with Crippen LogP contribution in [0.5, 0.6) is 0 Å². The third-order valence-electron chi connectivity index (χ3n) is 5.77. The molecule has 2 amide bonds. The zero-order chi connectivity index (χ0) is 23.5. The lowest BCUT2D eigenvalue weighted by Crippen LogP contribution is -2.34. The number of nitrogens with one attached hydrogen (secondary N) is 3. The van der Waals surface area contributed by atoms with Crippen LogP contribution >= 0.6 is 0 Å². The average molecular weight is 457 g/mol. The van der Waals surface area contributed by atoms with Crippen molar-refractivity contribution in [2.75, 3.05) is 37.2 Å². The topological polar surface area (TPSA) is 142 Å². The zero-order valence-corrected chi connectivity index (χ0v) is 18.4. The van der Waals surface area contributed by atoms with Crippen LogP contribution in [-0.4, -0.2) is 63.1 Å². The van der Waals surface area contributed by atoms with E-state index in [4.69, 9.17) is 5.73 Å². The van der Waals surface area contributed by atoms with Gasteiger partial charge in [-0.25, -0.2) is 9.97 Å². The molecule has 10 heteroatoms. The second-order valence-electron chi connectivity index (χ2n) is 8.09. The zero-order valence-electron chi connectivity index (χ0n) is 18.4. The Labute approximate surface area is 195 Å². The first kappa shape index (κ1) is 21.5. The molecule has 0 saturated carbocycles. The summed E-state index contributed by atoms with van der Waals surface area (Å²) in [5.41, 5.74) is 9.19. The van der Waals surface area contributed by atoms with E-state index in [0.29, 0.717) is 23.5 Å². The number of nitrogen functional groups attached to an aromatic ring is 1. The molecule has 172 valence electrons. The maximum Gasteiger partial charge on any atom is 0.278 e. The molecule has 2 aromatic heterocycles. The Balaban J connectivity index is 1.34. The third-order valence-corrected chi connectivity index (χ3v) is 5.77. The summed E-state index contributed by atoms with van der Waals surface area (Å²) in [5, 5.41) is 13.9. The number of anilines is 2. The number of nitrogens with two attached hydrogens (primary N) is 1. The van der Waals surface area contributed by atoms with Gasteiger partial charge in [0, 0.05) is 41.8 Å². The maximum atomic E-state index is 12.9. The third kappa shape index (κ3) is 4.44. The van der Waals surface area contributed by atoms with Crippen LogP contribution in [0.1, 0.15) is 27.3 Å². The van der Waals surface area contributed by atoms with Crippen molar-refractivity contribution in [3.05, 3.63) is 66.1 Å². The summed E-state index contributed by atoms with van der Waals surface area (Å²) in [7, 11) is 0. The Morgan fingerprint density at radius 2 is 1.88 bits per heavy atom. The van der Waals surface area contributed by atoms with Crippen molar-refractivity contribution in [1.82, 2.24) is 30.4 Å². The molecule has 1 fully saturated rings. The number of carbonyl (C=O) groups excluding carboxylic acids is 2. The summed E-state index contributed by atoms with van der Waals surface area (Å²) < 4.78 is 0. The second-order valence-corrected chi connectivity index (χ2v) is 8.09. The smallest absolute Gasteiger partial charge is 0.278 e. The lowest BCUT2D eigenvalue weighted by molar-refractivity contribution is 0.0766. The minimum Gasteiger partial charge on any atom is -0.382 e. The monoisotopic (exact) mass is 456 g/mol. The summed E-state index contributed by atoms with van der Waals surface area (Å²) >= 11 is 0. The van der Waals surface area contributed by atoms with Crippen molar-refractivity contribution < 1.29 is 9.59 Å². The number of benzene rings is 2. The molecule has 0 aliphatic carbocycles. The Hall–Kier alpha value is -4.31. The molecule has 0 atom stereocenters. The van der Waals surface area contributed by atoms with Gasteiger partial charge >= 0.3 is 0 Å². The van der Waals surface area contributed by atoms with Gasteiger partial charge in [-0.1, -0.05) is 12.1 Å². The number of aromatic amines is 1. The van der Waals surface area contributed by atoms with E-state index in [-0.39, 0.29) is 17.4 Å². The van der Waals surface area contributed by atoms with Crippen LogP contribution in [0.2, 0.25) is 0 Å². The fraction of sp³-hybridized carbons (Fsp3) is 0.208. The summed E-state index contributed by atoms with van der Waals surface area (Å²) in [6.45, 7) is 3.15. The number of hydrogen-bond acceptors (Lipinski definition) is 7. The lowest BCUT2D eigenvalue weighted by atomic mass is 10.1. The summed E-state index contributed by atoms with van der Waals surface area (Å²) in [6.07, 6.45) is 4.16. The van der Waals surface area contributed by atoms with Crippen molar-refractivity contribution >= 4 is 34.2 Å². The van der Waals surface area contributed by atoms with Gasteiger partial charge in [-0.2, -0.15) is 5.10 Å². The Morgan fingerprint density at radius 1 is 1.03 bits per heavy atom. The molecule has 0 unspecified atom stereocenters. The molecule has 5 rings (SSSR count). The largest absolute Gasteiger partial charge is 0.382 e. The van der Waals surface area contributed by atoms with Crippen molar-refractivity contribution in [3.8, 4) is 11.3 Å². The number of nitrogens with zero attached hydrogens (tertiary/aromatic N) is 4. The fourth-order valence-electron chi connectivity index (χ4n) is 3.92. The van der Waals surface area contributed by atoms with Crippen LogP contribution in [0.25, 0.3) is 22.2 Å². The van der Waals surface area contributed by atoms with E-state index in [9.17, 15) is 9.59 Å². The number of fused-ring (bicyclic) bond motifs is 1. The Morgan fingerprint density at radius 3 is 2.74 bits per heavy atom. The van der Waals surface area contributed by atoms with Crippen molar-refractivity contribution in [2.24, 2.45) is 0 Å². The molecule has 3 heterocycles. The molecule has 0 spiro atoms. The van der Waals surface area contributed by atoms with Crippen molar-refractivity contribution in [2.45, 2.75) is 6.42 Å². The van der Waals surface area contributed by atoms with E-state index in [1.165, 1.54) is 6.20 Å². The molecule has 34 heavy (non-hydrogen) atoms. The van der Waals surface area contributed by atoms with E-state index in [1.54, 1.807) is 42.6 Å². The van der Waals surface area contributed by atoms with Gasteiger partial charge in [0.05, 0.1) is 23.6 Å². The van der Waals surface area contributed by atoms with Gasteiger partial charge in [-0.3, -0.25) is 14.7 Å². The SMILES string of the molecule is Nc1ncc(-c2ccc(C(=O)N3CCCNCC3)cc2)nc1C(=O)Nc1ccc2cn[nH]c2c1. The highest BCUT2D eigenvalue weighted by atomic mass is 16.2. The minimum atomic E-state index is -0.465. The highest BCUT2D eigenvalue weighted by Gasteiger charge is 2.18. The first-order valence-corrected chi connectivity index (χ1v) is 11.1. The number of carbonyl (C=O) groups is 2. The highest BCUT2D eigenvalue weighted by Crippen LogP contribution is 2.22.